The van der Waals surface area contributed by atoms with Gasteiger partial charge >= 0.3 is 15.8 Å². The van der Waals surface area contributed by atoms with Crippen LogP contribution < -0.4 is 0 Å². The van der Waals surface area contributed by atoms with Crippen LogP contribution in [0, 0.1) is 0 Å². The molecule has 0 bridgehead atoms. The lowest BCUT2D eigenvalue weighted by Gasteiger charge is -2.19. The van der Waals surface area contributed by atoms with Gasteiger partial charge in [-0.05, 0) is 0 Å². The normalized spacial score (nSPS) is 14.7. The summed E-state index contributed by atoms with van der Waals surface area (Å²) in [4.78, 5) is 8.79. The lowest BCUT2D eigenvalue weighted by molar-refractivity contribution is 0.146. The van der Waals surface area contributed by atoms with Gasteiger partial charge in [-0.1, -0.05) is 69.6 Å². The van der Waals surface area contributed by atoms with Crippen LogP contribution in [0.5, 0.6) is 0 Å². The summed E-state index contributed by atoms with van der Waals surface area (Å²) in [5.41, 5.74) is 0. The Hall–Kier alpha value is 1.85. The fourth-order valence-electron chi connectivity index (χ4n) is 0.280. The molecule has 0 aliphatic rings. The molecule has 0 aliphatic carbocycles. The SMILES string of the molecule is O=P(O)(OC(Cl)(Cl)Cl)OC(Cl)(Cl)Cl. The van der Waals surface area contributed by atoms with Gasteiger partial charge in [0.05, 0.1) is 0 Å². The van der Waals surface area contributed by atoms with Crippen LogP contribution in [0.15, 0.2) is 0 Å². The van der Waals surface area contributed by atoms with E-state index in [-0.39, 0.29) is 0 Å². The average Bonchev–Trinajstić information content (AvgIpc) is 1.43. The molecule has 0 aliphatic heterocycles. The first kappa shape index (κ1) is 14.8. The van der Waals surface area contributed by atoms with Crippen LogP contribution in [0.2, 0.25) is 0 Å². The Kier molecular flexibility index (Phi) is 5.47. The molecule has 80 valence electrons. The Morgan fingerprint density at radius 1 is 0.923 bits per heavy atom. The zero-order chi connectivity index (χ0) is 10.9. The lowest BCUT2D eigenvalue weighted by Crippen LogP contribution is -2.13. The van der Waals surface area contributed by atoms with Crippen molar-refractivity contribution in [2.24, 2.45) is 0 Å². The summed E-state index contributed by atoms with van der Waals surface area (Å²) < 4.78 is 13.8. The maximum absolute atomic E-state index is 10.8. The summed E-state index contributed by atoms with van der Waals surface area (Å²) in [6.45, 7) is 0. The minimum Gasteiger partial charge on any atom is -0.302 e. The first-order chi connectivity index (χ1) is 5.41. The molecule has 0 fully saturated rings. The van der Waals surface area contributed by atoms with Crippen LogP contribution in [0.1, 0.15) is 0 Å². The summed E-state index contributed by atoms with van der Waals surface area (Å²) in [7, 11) is -4.73. The highest BCUT2D eigenvalue weighted by atomic mass is 35.6. The van der Waals surface area contributed by atoms with Gasteiger partial charge in [0.15, 0.2) is 0 Å². The highest BCUT2D eigenvalue weighted by Crippen LogP contribution is 2.56. The molecule has 0 aromatic rings. The highest BCUT2D eigenvalue weighted by Gasteiger charge is 2.40. The molecule has 0 saturated heterocycles. The molecule has 0 heterocycles. The van der Waals surface area contributed by atoms with Crippen LogP contribution in [0.25, 0.3) is 0 Å². The number of hydrogen-bond acceptors (Lipinski definition) is 3. The van der Waals surface area contributed by atoms with Gasteiger partial charge in [0.25, 0.3) is 0 Å². The van der Waals surface area contributed by atoms with Gasteiger partial charge in [0.1, 0.15) is 0 Å². The van der Waals surface area contributed by atoms with Gasteiger partial charge in [-0.3, -0.25) is 0 Å². The Labute approximate surface area is 103 Å². The number of halogens is 6. The number of alkyl halides is 6. The number of phosphoric acid groups is 1. The molecular formula is C2HCl6O4P. The Balaban J connectivity index is 4.35. The predicted molar refractivity (Wildman–Crippen MR) is 52.6 cm³/mol. The van der Waals surface area contributed by atoms with Crippen molar-refractivity contribution in [2.75, 3.05) is 0 Å². The van der Waals surface area contributed by atoms with E-state index in [1.165, 1.54) is 0 Å². The van der Waals surface area contributed by atoms with Gasteiger partial charge in [-0.25, -0.2) is 13.6 Å². The second kappa shape index (κ2) is 4.79. The fourth-order valence-corrected chi connectivity index (χ4v) is 2.41. The molecule has 1 N–H and O–H groups in total. The monoisotopic (exact) mass is 330 g/mol. The third kappa shape index (κ3) is 10.1. The quantitative estimate of drug-likeness (QED) is 0.617. The third-order valence-corrected chi connectivity index (χ3v) is 2.56. The fraction of sp³-hybridized carbons (Fsp3) is 1.00. The summed E-state index contributed by atoms with van der Waals surface area (Å²) in [6.07, 6.45) is 0. The van der Waals surface area contributed by atoms with Gasteiger partial charge in [0.2, 0.25) is 0 Å². The van der Waals surface area contributed by atoms with E-state index in [1.54, 1.807) is 0 Å². The van der Waals surface area contributed by atoms with E-state index in [0.717, 1.165) is 0 Å². The first-order valence-corrected chi connectivity index (χ1v) is 6.05. The van der Waals surface area contributed by atoms with E-state index >= 15 is 0 Å². The molecule has 0 amide bonds. The molecule has 0 aromatic carbocycles. The average molecular weight is 333 g/mol. The van der Waals surface area contributed by atoms with E-state index < -0.39 is 15.8 Å². The zero-order valence-electron chi connectivity index (χ0n) is 5.39. The topological polar surface area (TPSA) is 55.8 Å². The van der Waals surface area contributed by atoms with Crippen molar-refractivity contribution in [1.29, 1.82) is 0 Å². The molecule has 0 radical (unpaired) electrons. The van der Waals surface area contributed by atoms with Crippen molar-refractivity contribution in [3.8, 4) is 0 Å². The smallest absolute Gasteiger partial charge is 0.302 e. The van der Waals surface area contributed by atoms with Crippen molar-refractivity contribution >= 4 is 77.4 Å². The maximum Gasteiger partial charge on any atom is 0.479 e. The molecule has 0 rings (SSSR count). The standard InChI is InChI=1S/C2HCl6O4P/c3-1(4,5)11-13(9,10)12-2(6,7)8/h(H,9,10). The molecule has 13 heavy (non-hydrogen) atoms. The number of phosphoric ester groups is 1. The lowest BCUT2D eigenvalue weighted by atomic mass is 11.6. The largest absolute Gasteiger partial charge is 0.479 e. The van der Waals surface area contributed by atoms with Gasteiger partial charge in [-0.15, -0.1) is 0 Å². The van der Waals surface area contributed by atoms with Crippen LogP contribution in [0.4, 0.5) is 0 Å². The van der Waals surface area contributed by atoms with Gasteiger partial charge < -0.3 is 4.89 Å². The maximum atomic E-state index is 10.8. The van der Waals surface area contributed by atoms with E-state index in [4.69, 9.17) is 74.5 Å². The second-order valence-corrected chi connectivity index (χ2v) is 7.20. The Morgan fingerprint density at radius 2 is 1.15 bits per heavy atom. The summed E-state index contributed by atoms with van der Waals surface area (Å²) in [5, 5.41) is 0. The Morgan fingerprint density at radius 3 is 1.31 bits per heavy atom. The molecule has 0 spiro atoms. The molecule has 11 heteroatoms. The molecule has 4 nitrogen and oxygen atoms in total. The minimum absolute atomic E-state index is 2.44. The number of rotatable bonds is 2. The Bertz CT molecular complexity index is 198. The van der Waals surface area contributed by atoms with E-state index in [1.807, 2.05) is 0 Å². The van der Waals surface area contributed by atoms with Crippen molar-refractivity contribution in [3.63, 3.8) is 0 Å². The molecular weight excluding hydrogens is 332 g/mol. The zero-order valence-corrected chi connectivity index (χ0v) is 10.8. The van der Waals surface area contributed by atoms with E-state index in [2.05, 4.69) is 9.05 Å². The minimum atomic E-state index is -4.73. The highest BCUT2D eigenvalue weighted by molar-refractivity contribution is 7.48. The summed E-state index contributed by atoms with van der Waals surface area (Å²) in [6, 6.07) is 0. The van der Waals surface area contributed by atoms with Crippen molar-refractivity contribution < 1.29 is 18.5 Å². The van der Waals surface area contributed by atoms with E-state index in [9.17, 15) is 4.57 Å². The first-order valence-electron chi connectivity index (χ1n) is 2.29. The molecule has 0 unspecified atom stereocenters. The van der Waals surface area contributed by atoms with Crippen LogP contribution in [-0.4, -0.2) is 12.9 Å². The summed E-state index contributed by atoms with van der Waals surface area (Å²) in [5.74, 6) is 0. The molecule has 0 aromatic heterocycles. The van der Waals surface area contributed by atoms with Gasteiger partial charge in [-0.2, -0.15) is 0 Å². The van der Waals surface area contributed by atoms with Crippen molar-refractivity contribution in [3.05, 3.63) is 0 Å². The third-order valence-electron chi connectivity index (χ3n) is 0.438. The molecule has 0 saturated carbocycles. The van der Waals surface area contributed by atoms with Crippen LogP contribution >= 0.6 is 77.4 Å². The van der Waals surface area contributed by atoms with Crippen molar-refractivity contribution in [2.45, 2.75) is 7.96 Å². The molecule has 0 atom stereocenters. The van der Waals surface area contributed by atoms with Crippen LogP contribution in [-0.2, 0) is 13.6 Å². The van der Waals surface area contributed by atoms with Crippen molar-refractivity contribution in [1.82, 2.24) is 0 Å². The van der Waals surface area contributed by atoms with E-state index in [0.29, 0.717) is 0 Å². The van der Waals surface area contributed by atoms with Gasteiger partial charge in [0, 0.05) is 0 Å². The summed E-state index contributed by atoms with van der Waals surface area (Å²) >= 11 is 30.1. The predicted octanol–water partition coefficient (Wildman–Crippen LogP) is 3.78. The number of hydrogen-bond donors (Lipinski definition) is 1. The van der Waals surface area contributed by atoms with Crippen LogP contribution in [0.3, 0.4) is 0 Å². The second-order valence-electron chi connectivity index (χ2n) is 1.54.